The van der Waals surface area contributed by atoms with E-state index in [0.29, 0.717) is 11.6 Å². The van der Waals surface area contributed by atoms with Crippen molar-refractivity contribution in [2.75, 3.05) is 13.1 Å². The second-order valence-corrected chi connectivity index (χ2v) is 4.76. The molecule has 1 heterocycles. The average Bonchev–Trinajstić information content (AvgIpc) is 2.83. The highest BCUT2D eigenvalue weighted by Gasteiger charge is 2.20. The molecule has 1 atom stereocenters. The monoisotopic (exact) mass is 233 g/mol. The fourth-order valence-electron chi connectivity index (χ4n) is 2.54. The lowest BCUT2D eigenvalue weighted by atomic mass is 10.0. The van der Waals surface area contributed by atoms with Gasteiger partial charge in [0.15, 0.2) is 0 Å². The number of rotatable bonds is 4. The lowest BCUT2D eigenvalue weighted by Gasteiger charge is -2.24. The summed E-state index contributed by atoms with van der Waals surface area (Å²) >= 11 is 0. The minimum atomic E-state index is -0.825. The van der Waals surface area contributed by atoms with E-state index in [9.17, 15) is 4.79 Å². The minimum absolute atomic E-state index is 0.429. The zero-order valence-corrected chi connectivity index (χ0v) is 10.2. The fraction of sp³-hybridized carbons (Fsp3) is 0.500. The van der Waals surface area contributed by atoms with Gasteiger partial charge < -0.3 is 10.0 Å². The summed E-state index contributed by atoms with van der Waals surface area (Å²) in [6, 6.07) is 7.74. The number of hydrogen-bond donors (Lipinski definition) is 1. The van der Waals surface area contributed by atoms with Gasteiger partial charge in [0.1, 0.15) is 0 Å². The van der Waals surface area contributed by atoms with Crippen molar-refractivity contribution in [3.8, 4) is 0 Å². The van der Waals surface area contributed by atoms with Crippen molar-refractivity contribution in [1.29, 1.82) is 0 Å². The molecule has 17 heavy (non-hydrogen) atoms. The van der Waals surface area contributed by atoms with Gasteiger partial charge in [-0.05, 0) is 50.9 Å². The van der Waals surface area contributed by atoms with E-state index in [2.05, 4.69) is 11.8 Å². The summed E-state index contributed by atoms with van der Waals surface area (Å²) < 4.78 is 0. The van der Waals surface area contributed by atoms with Gasteiger partial charge in [0.2, 0.25) is 0 Å². The third kappa shape index (κ3) is 2.86. The quantitative estimate of drug-likeness (QED) is 0.868. The molecule has 0 aliphatic carbocycles. The molecule has 1 N–H and O–H groups in total. The Morgan fingerprint density at radius 1 is 1.35 bits per heavy atom. The van der Waals surface area contributed by atoms with Gasteiger partial charge in [-0.3, -0.25) is 0 Å². The SMILES string of the molecule is CC(Cc1ccccc1C(=O)O)N1CCCC1. The average molecular weight is 233 g/mol. The summed E-state index contributed by atoms with van der Waals surface area (Å²) in [6.07, 6.45) is 3.36. The van der Waals surface area contributed by atoms with Gasteiger partial charge in [-0.2, -0.15) is 0 Å². The Hall–Kier alpha value is -1.35. The van der Waals surface area contributed by atoms with Crippen molar-refractivity contribution < 1.29 is 9.90 Å². The lowest BCUT2D eigenvalue weighted by Crippen LogP contribution is -2.32. The molecule has 1 unspecified atom stereocenters. The molecule has 0 saturated carbocycles. The Bertz CT molecular complexity index is 397. The van der Waals surface area contributed by atoms with E-state index >= 15 is 0 Å². The Morgan fingerprint density at radius 3 is 2.65 bits per heavy atom. The smallest absolute Gasteiger partial charge is 0.335 e. The van der Waals surface area contributed by atoms with E-state index in [1.54, 1.807) is 12.1 Å². The van der Waals surface area contributed by atoms with Crippen LogP contribution in [0.3, 0.4) is 0 Å². The highest BCUT2D eigenvalue weighted by atomic mass is 16.4. The first-order chi connectivity index (χ1) is 8.18. The second-order valence-electron chi connectivity index (χ2n) is 4.76. The molecule has 0 bridgehead atoms. The number of carboxylic acids is 1. The zero-order valence-electron chi connectivity index (χ0n) is 10.2. The molecule has 92 valence electrons. The van der Waals surface area contributed by atoms with Crippen LogP contribution in [0.2, 0.25) is 0 Å². The highest BCUT2D eigenvalue weighted by Crippen LogP contribution is 2.17. The van der Waals surface area contributed by atoms with Gasteiger partial charge in [0.25, 0.3) is 0 Å². The van der Waals surface area contributed by atoms with Crippen LogP contribution in [0.25, 0.3) is 0 Å². The number of nitrogens with zero attached hydrogens (tertiary/aromatic N) is 1. The largest absolute Gasteiger partial charge is 0.478 e. The highest BCUT2D eigenvalue weighted by molar-refractivity contribution is 5.89. The predicted molar refractivity (Wildman–Crippen MR) is 67.4 cm³/mol. The van der Waals surface area contributed by atoms with Crippen LogP contribution in [0.4, 0.5) is 0 Å². The maximum absolute atomic E-state index is 11.1. The second kappa shape index (κ2) is 5.32. The maximum atomic E-state index is 11.1. The van der Waals surface area contributed by atoms with Crippen LogP contribution in [0.1, 0.15) is 35.7 Å². The number of carbonyl (C=O) groups is 1. The van der Waals surface area contributed by atoms with Crippen molar-refractivity contribution in [2.45, 2.75) is 32.2 Å². The van der Waals surface area contributed by atoms with E-state index in [0.717, 1.165) is 25.1 Å². The molecule has 3 heteroatoms. The summed E-state index contributed by atoms with van der Waals surface area (Å²) in [4.78, 5) is 13.6. The molecule has 0 radical (unpaired) electrons. The lowest BCUT2D eigenvalue weighted by molar-refractivity contribution is 0.0695. The summed E-state index contributed by atoms with van der Waals surface area (Å²) in [7, 11) is 0. The first-order valence-electron chi connectivity index (χ1n) is 6.23. The molecule has 1 aliphatic rings. The molecule has 1 saturated heterocycles. The van der Waals surface area contributed by atoms with Crippen molar-refractivity contribution in [2.24, 2.45) is 0 Å². The van der Waals surface area contributed by atoms with Gasteiger partial charge in [0, 0.05) is 6.04 Å². The fourth-order valence-corrected chi connectivity index (χ4v) is 2.54. The number of hydrogen-bond acceptors (Lipinski definition) is 2. The summed E-state index contributed by atoms with van der Waals surface area (Å²) in [6.45, 7) is 4.48. The van der Waals surface area contributed by atoms with E-state index in [1.165, 1.54) is 12.8 Å². The molecular formula is C14H19NO2. The number of aromatic carboxylic acids is 1. The third-order valence-corrected chi connectivity index (χ3v) is 3.53. The first kappa shape index (κ1) is 12.1. The summed E-state index contributed by atoms with van der Waals surface area (Å²) in [5.41, 5.74) is 1.39. The molecule has 2 rings (SSSR count). The first-order valence-corrected chi connectivity index (χ1v) is 6.23. The Balaban J connectivity index is 2.09. The standard InChI is InChI=1S/C14H19NO2/c1-11(15-8-4-5-9-15)10-12-6-2-3-7-13(12)14(16)17/h2-3,6-7,11H,4-5,8-10H2,1H3,(H,16,17). The van der Waals surface area contributed by atoms with Crippen LogP contribution in [-0.2, 0) is 6.42 Å². The molecule has 0 amide bonds. The zero-order chi connectivity index (χ0) is 12.3. The number of likely N-dealkylation sites (tertiary alicyclic amines) is 1. The minimum Gasteiger partial charge on any atom is -0.478 e. The predicted octanol–water partition coefficient (Wildman–Crippen LogP) is 2.41. The van der Waals surface area contributed by atoms with E-state index in [1.807, 2.05) is 12.1 Å². The van der Waals surface area contributed by atoms with Gasteiger partial charge in [0.05, 0.1) is 5.56 Å². The van der Waals surface area contributed by atoms with Crippen molar-refractivity contribution in [3.63, 3.8) is 0 Å². The summed E-state index contributed by atoms with van der Waals surface area (Å²) in [5.74, 6) is -0.825. The number of carboxylic acid groups (broad SMARTS) is 1. The third-order valence-electron chi connectivity index (χ3n) is 3.53. The van der Waals surface area contributed by atoms with Crippen LogP contribution in [0.15, 0.2) is 24.3 Å². The molecule has 1 aromatic rings. The van der Waals surface area contributed by atoms with Crippen LogP contribution in [0, 0.1) is 0 Å². The van der Waals surface area contributed by atoms with Gasteiger partial charge in [-0.25, -0.2) is 4.79 Å². The topological polar surface area (TPSA) is 40.5 Å². The van der Waals surface area contributed by atoms with Crippen LogP contribution < -0.4 is 0 Å². The molecule has 0 aromatic heterocycles. The van der Waals surface area contributed by atoms with E-state index in [-0.39, 0.29) is 0 Å². The molecule has 3 nitrogen and oxygen atoms in total. The van der Waals surface area contributed by atoms with Crippen LogP contribution in [0.5, 0.6) is 0 Å². The number of benzene rings is 1. The molecule has 1 aliphatic heterocycles. The molecule has 1 fully saturated rings. The molecule has 0 spiro atoms. The van der Waals surface area contributed by atoms with Gasteiger partial charge in [-0.1, -0.05) is 18.2 Å². The van der Waals surface area contributed by atoms with E-state index in [4.69, 9.17) is 5.11 Å². The molecular weight excluding hydrogens is 214 g/mol. The van der Waals surface area contributed by atoms with Crippen molar-refractivity contribution >= 4 is 5.97 Å². The Kier molecular flexibility index (Phi) is 3.79. The van der Waals surface area contributed by atoms with Crippen LogP contribution >= 0.6 is 0 Å². The van der Waals surface area contributed by atoms with Crippen molar-refractivity contribution in [3.05, 3.63) is 35.4 Å². The molecule has 1 aromatic carbocycles. The maximum Gasteiger partial charge on any atom is 0.335 e. The van der Waals surface area contributed by atoms with E-state index < -0.39 is 5.97 Å². The summed E-state index contributed by atoms with van der Waals surface area (Å²) in [5, 5.41) is 9.13. The van der Waals surface area contributed by atoms with Gasteiger partial charge in [-0.15, -0.1) is 0 Å². The van der Waals surface area contributed by atoms with Crippen LogP contribution in [-0.4, -0.2) is 35.1 Å². The van der Waals surface area contributed by atoms with Crippen molar-refractivity contribution in [1.82, 2.24) is 4.90 Å². The Labute approximate surface area is 102 Å². The normalized spacial score (nSPS) is 18.2. The van der Waals surface area contributed by atoms with Gasteiger partial charge >= 0.3 is 5.97 Å². The Morgan fingerprint density at radius 2 is 2.00 bits per heavy atom.